The normalized spacial score (nSPS) is 33.6. The van der Waals surface area contributed by atoms with Crippen molar-refractivity contribution in [2.75, 3.05) is 52.5 Å². The van der Waals surface area contributed by atoms with Crippen LogP contribution in [-0.4, -0.2) is 74.4 Å². The summed E-state index contributed by atoms with van der Waals surface area (Å²) >= 11 is 0. The largest absolute Gasteiger partial charge is 0.379 e. The number of nitrogens with one attached hydrogen (secondary N) is 1. The molecule has 0 spiro atoms. The van der Waals surface area contributed by atoms with Crippen molar-refractivity contribution >= 4 is 0 Å². The van der Waals surface area contributed by atoms with Gasteiger partial charge in [-0.2, -0.15) is 0 Å². The van der Waals surface area contributed by atoms with Crippen molar-refractivity contribution in [3.63, 3.8) is 0 Å². The molecule has 0 amide bonds. The Morgan fingerprint density at radius 2 is 1.76 bits per heavy atom. The maximum absolute atomic E-state index is 5.68. The van der Waals surface area contributed by atoms with Crippen LogP contribution in [-0.2, 0) is 4.74 Å². The number of likely N-dealkylation sites (tertiary alicyclic amines) is 2. The number of piperidine rings is 2. The van der Waals surface area contributed by atoms with Crippen LogP contribution in [0.5, 0.6) is 0 Å². The predicted molar refractivity (Wildman–Crippen MR) is 86.7 cm³/mol. The van der Waals surface area contributed by atoms with Crippen molar-refractivity contribution in [1.29, 1.82) is 0 Å². The number of likely N-dealkylation sites (N-methyl/N-ethyl adjacent to an activating group) is 1. The zero-order chi connectivity index (χ0) is 14.5. The van der Waals surface area contributed by atoms with Crippen LogP contribution in [0.2, 0.25) is 0 Å². The van der Waals surface area contributed by atoms with Gasteiger partial charge >= 0.3 is 0 Å². The second-order valence-corrected chi connectivity index (χ2v) is 7.09. The molecule has 0 aromatic rings. The third-order valence-corrected chi connectivity index (χ3v) is 5.62. The van der Waals surface area contributed by atoms with Crippen LogP contribution in [0.15, 0.2) is 0 Å². The molecular weight excluding hydrogens is 262 g/mol. The van der Waals surface area contributed by atoms with Gasteiger partial charge in [-0.25, -0.2) is 0 Å². The van der Waals surface area contributed by atoms with Gasteiger partial charge in [-0.15, -0.1) is 0 Å². The molecule has 3 aliphatic rings. The molecule has 4 heteroatoms. The summed E-state index contributed by atoms with van der Waals surface area (Å²) in [6.07, 6.45) is 7.04. The number of hydrogen-bond donors (Lipinski definition) is 1. The molecule has 0 radical (unpaired) electrons. The van der Waals surface area contributed by atoms with E-state index in [-0.39, 0.29) is 0 Å². The number of hydrogen-bond acceptors (Lipinski definition) is 4. The fraction of sp³-hybridized carbons (Fsp3) is 1.00. The smallest absolute Gasteiger partial charge is 0.0623 e. The van der Waals surface area contributed by atoms with E-state index in [1.807, 2.05) is 0 Å². The number of ether oxygens (including phenoxy) is 1. The molecular formula is C17H33N3O. The maximum Gasteiger partial charge on any atom is 0.0623 e. The molecule has 0 saturated carbocycles. The summed E-state index contributed by atoms with van der Waals surface area (Å²) in [6, 6.07) is 1.45. The standard InChI is InChI=1S/C17H33N3O/c1-2-18-17-14-21-13-15(17)12-19-10-6-16(7-11-19)20-8-4-3-5-9-20/h15-18H,2-14H2,1H3. The topological polar surface area (TPSA) is 27.7 Å². The quantitative estimate of drug-likeness (QED) is 0.833. The van der Waals surface area contributed by atoms with E-state index in [0.29, 0.717) is 12.0 Å². The van der Waals surface area contributed by atoms with Gasteiger partial charge in [-0.3, -0.25) is 0 Å². The second kappa shape index (κ2) is 7.91. The molecule has 3 aliphatic heterocycles. The predicted octanol–water partition coefficient (Wildman–Crippen LogP) is 1.56. The highest BCUT2D eigenvalue weighted by Crippen LogP contribution is 2.23. The molecule has 3 fully saturated rings. The summed E-state index contributed by atoms with van der Waals surface area (Å²) in [5.74, 6) is 0.691. The van der Waals surface area contributed by atoms with Gasteiger partial charge in [0.2, 0.25) is 0 Å². The molecule has 3 saturated heterocycles. The lowest BCUT2D eigenvalue weighted by atomic mass is 9.97. The van der Waals surface area contributed by atoms with Gasteiger partial charge in [0.15, 0.2) is 0 Å². The first-order valence-corrected chi connectivity index (χ1v) is 9.14. The molecule has 0 aliphatic carbocycles. The minimum atomic E-state index is 0.579. The molecule has 0 aromatic carbocycles. The SMILES string of the molecule is CCNC1COCC1CN1CCC(N2CCCCC2)CC1. The summed E-state index contributed by atoms with van der Waals surface area (Å²) in [6.45, 7) is 11.6. The molecule has 4 nitrogen and oxygen atoms in total. The van der Waals surface area contributed by atoms with Crippen LogP contribution in [0.3, 0.4) is 0 Å². The minimum Gasteiger partial charge on any atom is -0.379 e. The van der Waals surface area contributed by atoms with Gasteiger partial charge < -0.3 is 19.9 Å². The van der Waals surface area contributed by atoms with E-state index in [0.717, 1.165) is 25.8 Å². The van der Waals surface area contributed by atoms with E-state index in [4.69, 9.17) is 4.74 Å². The zero-order valence-corrected chi connectivity index (χ0v) is 13.7. The van der Waals surface area contributed by atoms with Gasteiger partial charge in [0, 0.05) is 24.5 Å². The summed E-state index contributed by atoms with van der Waals surface area (Å²) < 4.78 is 5.68. The Kier molecular flexibility index (Phi) is 5.92. The molecule has 21 heavy (non-hydrogen) atoms. The van der Waals surface area contributed by atoms with Gasteiger partial charge in [0.05, 0.1) is 13.2 Å². The van der Waals surface area contributed by atoms with Crippen molar-refractivity contribution in [3.05, 3.63) is 0 Å². The molecule has 1 N–H and O–H groups in total. The van der Waals surface area contributed by atoms with Gasteiger partial charge in [-0.1, -0.05) is 13.3 Å². The van der Waals surface area contributed by atoms with Crippen LogP contribution in [0.4, 0.5) is 0 Å². The van der Waals surface area contributed by atoms with Gasteiger partial charge in [-0.05, 0) is 58.4 Å². The van der Waals surface area contributed by atoms with Crippen molar-refractivity contribution in [2.24, 2.45) is 5.92 Å². The third-order valence-electron chi connectivity index (χ3n) is 5.62. The Labute approximate surface area is 130 Å². The average molecular weight is 295 g/mol. The molecule has 2 unspecified atom stereocenters. The highest BCUT2D eigenvalue weighted by atomic mass is 16.5. The molecule has 3 rings (SSSR count). The Balaban J connectivity index is 1.41. The lowest BCUT2D eigenvalue weighted by Gasteiger charge is -2.41. The van der Waals surface area contributed by atoms with E-state index in [1.54, 1.807) is 0 Å². The van der Waals surface area contributed by atoms with Crippen LogP contribution < -0.4 is 5.32 Å². The van der Waals surface area contributed by atoms with Crippen LogP contribution in [0.25, 0.3) is 0 Å². The highest BCUT2D eigenvalue weighted by Gasteiger charge is 2.31. The highest BCUT2D eigenvalue weighted by molar-refractivity contribution is 4.87. The molecule has 122 valence electrons. The van der Waals surface area contributed by atoms with Crippen molar-refractivity contribution < 1.29 is 4.74 Å². The molecule has 3 heterocycles. The van der Waals surface area contributed by atoms with Crippen LogP contribution >= 0.6 is 0 Å². The lowest BCUT2D eigenvalue weighted by molar-refractivity contribution is 0.0818. The van der Waals surface area contributed by atoms with Gasteiger partial charge in [0.1, 0.15) is 0 Å². The Hall–Kier alpha value is -0.160. The van der Waals surface area contributed by atoms with Crippen molar-refractivity contribution in [3.8, 4) is 0 Å². The molecule has 0 bridgehead atoms. The maximum atomic E-state index is 5.68. The summed E-state index contributed by atoms with van der Waals surface area (Å²) in [5, 5.41) is 3.58. The van der Waals surface area contributed by atoms with Crippen LogP contribution in [0.1, 0.15) is 39.0 Å². The molecule has 2 atom stereocenters. The first kappa shape index (κ1) is 15.7. The molecule has 0 aromatic heterocycles. The van der Waals surface area contributed by atoms with Crippen LogP contribution in [0, 0.1) is 5.92 Å². The zero-order valence-electron chi connectivity index (χ0n) is 13.7. The first-order chi connectivity index (χ1) is 10.4. The average Bonchev–Trinajstić information content (AvgIpc) is 2.96. The Morgan fingerprint density at radius 1 is 1.00 bits per heavy atom. The Morgan fingerprint density at radius 3 is 2.48 bits per heavy atom. The van der Waals surface area contributed by atoms with E-state index >= 15 is 0 Å². The summed E-state index contributed by atoms with van der Waals surface area (Å²) in [4.78, 5) is 5.45. The fourth-order valence-corrected chi connectivity index (χ4v) is 4.35. The third kappa shape index (κ3) is 4.19. The number of nitrogens with zero attached hydrogens (tertiary/aromatic N) is 2. The first-order valence-electron chi connectivity index (χ1n) is 9.14. The minimum absolute atomic E-state index is 0.579. The van der Waals surface area contributed by atoms with Gasteiger partial charge in [0.25, 0.3) is 0 Å². The summed E-state index contributed by atoms with van der Waals surface area (Å²) in [7, 11) is 0. The Bertz CT molecular complexity index is 298. The van der Waals surface area contributed by atoms with E-state index in [2.05, 4.69) is 22.0 Å². The second-order valence-electron chi connectivity index (χ2n) is 7.09. The van der Waals surface area contributed by atoms with Crippen molar-refractivity contribution in [2.45, 2.75) is 51.1 Å². The monoisotopic (exact) mass is 295 g/mol. The van der Waals surface area contributed by atoms with E-state index in [9.17, 15) is 0 Å². The van der Waals surface area contributed by atoms with E-state index in [1.165, 1.54) is 64.8 Å². The summed E-state index contributed by atoms with van der Waals surface area (Å²) in [5.41, 5.74) is 0. The fourth-order valence-electron chi connectivity index (χ4n) is 4.35. The van der Waals surface area contributed by atoms with E-state index < -0.39 is 0 Å². The van der Waals surface area contributed by atoms with Crippen molar-refractivity contribution in [1.82, 2.24) is 15.1 Å². The lowest BCUT2D eigenvalue weighted by Crippen LogP contribution is -2.49. The number of rotatable bonds is 5.